The highest BCUT2D eigenvalue weighted by molar-refractivity contribution is 7.72. The van der Waals surface area contributed by atoms with Gasteiger partial charge in [0.25, 0.3) is 0 Å². The van der Waals surface area contributed by atoms with Crippen molar-refractivity contribution in [3.05, 3.63) is 0 Å². The van der Waals surface area contributed by atoms with Gasteiger partial charge in [-0.1, -0.05) is 96.8 Å². The second kappa shape index (κ2) is 15.4. The summed E-state index contributed by atoms with van der Waals surface area (Å²) in [5.74, 6) is -0.876. The first-order chi connectivity index (χ1) is 11.8. The molecule has 0 radical (unpaired) electrons. The van der Waals surface area contributed by atoms with Crippen LogP contribution >= 0.6 is 15.0 Å². The Labute approximate surface area is 154 Å². The van der Waals surface area contributed by atoms with E-state index in [0.29, 0.717) is 6.42 Å². The van der Waals surface area contributed by atoms with Crippen LogP contribution in [0.25, 0.3) is 0 Å². The van der Waals surface area contributed by atoms with E-state index >= 15 is 0 Å². The van der Waals surface area contributed by atoms with Crippen molar-refractivity contribution in [2.24, 2.45) is 0 Å². The average molecular weight is 398 g/mol. The van der Waals surface area contributed by atoms with Gasteiger partial charge in [-0.15, -0.1) is 0 Å². The zero-order valence-corrected chi connectivity index (χ0v) is 17.9. The van der Waals surface area contributed by atoms with Crippen LogP contribution in [0.4, 0.5) is 0 Å². The zero-order valence-electron chi connectivity index (χ0n) is 16.1. The minimum Gasteiger partial charge on any atom is -0.344 e. The highest BCUT2D eigenvalue weighted by atomic mass is 31.2. The lowest BCUT2D eigenvalue weighted by atomic mass is 10.0. The molecule has 152 valence electrons. The molecule has 0 aliphatic rings. The molecule has 0 saturated carbocycles. The lowest BCUT2D eigenvalue weighted by Crippen LogP contribution is -1.96. The highest BCUT2D eigenvalue weighted by Crippen LogP contribution is 2.54. The normalized spacial score (nSPS) is 14.6. The van der Waals surface area contributed by atoms with Gasteiger partial charge in [-0.05, 0) is 6.42 Å². The van der Waals surface area contributed by atoms with E-state index in [4.69, 9.17) is 9.79 Å². The van der Waals surface area contributed by atoms with Crippen LogP contribution in [0.15, 0.2) is 0 Å². The Morgan fingerprint density at radius 1 is 0.560 bits per heavy atom. The fourth-order valence-corrected chi connectivity index (χ4v) is 6.68. The predicted octanol–water partition coefficient (Wildman–Crippen LogP) is 6.26. The van der Waals surface area contributed by atoms with Crippen molar-refractivity contribution in [1.29, 1.82) is 0 Å². The highest BCUT2D eigenvalue weighted by Gasteiger charge is 2.28. The van der Waals surface area contributed by atoms with Crippen molar-refractivity contribution >= 4 is 15.0 Å². The van der Waals surface area contributed by atoms with Gasteiger partial charge in [-0.3, -0.25) is 9.13 Å². The second-order valence-electron chi connectivity index (χ2n) is 7.33. The largest absolute Gasteiger partial charge is 0.344 e. The van der Waals surface area contributed by atoms with Crippen LogP contribution in [0.5, 0.6) is 0 Å². The molecule has 0 aromatic heterocycles. The van der Waals surface area contributed by atoms with Crippen molar-refractivity contribution in [1.82, 2.24) is 0 Å². The summed E-state index contributed by atoms with van der Waals surface area (Å²) in [5.41, 5.74) is 0. The number of hydrogen-bond donors (Lipinski definition) is 3. The Kier molecular flexibility index (Phi) is 15.6. The van der Waals surface area contributed by atoms with Crippen LogP contribution in [0, 0.1) is 0 Å². The van der Waals surface area contributed by atoms with Crippen molar-refractivity contribution in [3.63, 3.8) is 0 Å². The molecule has 1 atom stereocenters. The number of hydrogen-bond acceptors (Lipinski definition) is 2. The maximum Gasteiger partial charge on any atom is 0.335 e. The van der Waals surface area contributed by atoms with E-state index in [0.717, 1.165) is 19.3 Å². The van der Waals surface area contributed by atoms with E-state index in [1.54, 1.807) is 0 Å². The fourth-order valence-electron chi connectivity index (χ4n) is 3.09. The minimum absolute atomic E-state index is 0.0242. The quantitative estimate of drug-likeness (QED) is 0.187. The summed E-state index contributed by atoms with van der Waals surface area (Å²) in [6, 6.07) is 0. The van der Waals surface area contributed by atoms with E-state index in [1.165, 1.54) is 70.6 Å². The first-order valence-electron chi connectivity index (χ1n) is 10.1. The average Bonchev–Trinajstić information content (AvgIpc) is 2.48. The SMILES string of the molecule is CCCCCCCCCCCCCCCCCP(=O)(O)CP(=O)(O)O. The molecule has 0 bridgehead atoms. The molecule has 1 unspecified atom stereocenters. The van der Waals surface area contributed by atoms with E-state index < -0.39 is 20.9 Å². The van der Waals surface area contributed by atoms with Gasteiger partial charge in [0.15, 0.2) is 0 Å². The molecule has 0 aromatic carbocycles. The Hall–Kier alpha value is 0.340. The lowest BCUT2D eigenvalue weighted by Gasteiger charge is -2.12. The Morgan fingerprint density at radius 3 is 1.20 bits per heavy atom. The van der Waals surface area contributed by atoms with E-state index in [9.17, 15) is 14.0 Å². The Balaban J connectivity index is 3.29. The van der Waals surface area contributed by atoms with Crippen LogP contribution in [0.1, 0.15) is 103 Å². The van der Waals surface area contributed by atoms with E-state index in [2.05, 4.69) is 6.92 Å². The van der Waals surface area contributed by atoms with Crippen molar-refractivity contribution in [2.45, 2.75) is 103 Å². The van der Waals surface area contributed by atoms with Gasteiger partial charge in [-0.25, -0.2) is 0 Å². The van der Waals surface area contributed by atoms with Crippen LogP contribution in [0.3, 0.4) is 0 Å². The minimum atomic E-state index is -4.39. The van der Waals surface area contributed by atoms with Crippen LogP contribution in [-0.4, -0.2) is 26.7 Å². The molecule has 0 heterocycles. The summed E-state index contributed by atoms with van der Waals surface area (Å²) in [6.45, 7) is 2.25. The lowest BCUT2D eigenvalue weighted by molar-refractivity contribution is 0.375. The second-order valence-corrected chi connectivity index (χ2v) is 11.9. The van der Waals surface area contributed by atoms with Gasteiger partial charge in [0.05, 0.1) is 0 Å². The molecule has 7 heteroatoms. The first-order valence-corrected chi connectivity index (χ1v) is 13.9. The predicted molar refractivity (Wildman–Crippen MR) is 107 cm³/mol. The summed E-state index contributed by atoms with van der Waals surface area (Å²) in [4.78, 5) is 27.0. The van der Waals surface area contributed by atoms with Crippen molar-refractivity contribution in [2.75, 3.05) is 12.1 Å². The number of unbranched alkanes of at least 4 members (excludes halogenated alkanes) is 14. The standard InChI is InChI=1S/C18H40O5P2/c1-2-3-4-5-6-7-8-9-10-11-12-13-14-15-16-17-24(19,20)18-25(21,22)23/h2-18H2,1H3,(H,19,20)(H2,21,22,23). The first kappa shape index (κ1) is 25.3. The Morgan fingerprint density at radius 2 is 0.880 bits per heavy atom. The molecule has 0 rings (SSSR count). The number of rotatable bonds is 18. The molecule has 5 nitrogen and oxygen atoms in total. The van der Waals surface area contributed by atoms with Gasteiger partial charge in [0, 0.05) is 6.16 Å². The molecule has 25 heavy (non-hydrogen) atoms. The van der Waals surface area contributed by atoms with Crippen LogP contribution < -0.4 is 0 Å². The molecule has 0 aliphatic heterocycles. The zero-order chi connectivity index (χ0) is 19.0. The molecule has 0 spiro atoms. The molecule has 3 N–H and O–H groups in total. The van der Waals surface area contributed by atoms with Gasteiger partial charge < -0.3 is 14.7 Å². The van der Waals surface area contributed by atoms with Crippen molar-refractivity contribution < 1.29 is 23.8 Å². The van der Waals surface area contributed by atoms with Gasteiger partial charge >= 0.3 is 7.60 Å². The fraction of sp³-hybridized carbons (Fsp3) is 1.00. The third-order valence-electron chi connectivity index (χ3n) is 4.52. The van der Waals surface area contributed by atoms with Crippen LogP contribution in [-0.2, 0) is 9.13 Å². The summed E-state index contributed by atoms with van der Waals surface area (Å²) >= 11 is 0. The third-order valence-corrected chi connectivity index (χ3v) is 8.77. The monoisotopic (exact) mass is 398 g/mol. The van der Waals surface area contributed by atoms with Gasteiger partial charge in [0.1, 0.15) is 5.90 Å². The smallest absolute Gasteiger partial charge is 0.335 e. The molecular weight excluding hydrogens is 358 g/mol. The summed E-state index contributed by atoms with van der Waals surface area (Å²) < 4.78 is 22.4. The van der Waals surface area contributed by atoms with Gasteiger partial charge in [-0.2, -0.15) is 0 Å². The Bertz CT molecular complexity index is 395. The maximum atomic E-state index is 11.6. The molecule has 0 fully saturated rings. The van der Waals surface area contributed by atoms with E-state index in [-0.39, 0.29) is 6.16 Å². The van der Waals surface area contributed by atoms with Crippen LogP contribution in [0.2, 0.25) is 0 Å². The molecular formula is C18H40O5P2. The topological polar surface area (TPSA) is 94.8 Å². The summed E-state index contributed by atoms with van der Waals surface area (Å²) in [7, 11) is -8.05. The van der Waals surface area contributed by atoms with Gasteiger partial charge in [0.2, 0.25) is 7.37 Å². The third kappa shape index (κ3) is 20.5. The van der Waals surface area contributed by atoms with Crippen molar-refractivity contribution in [3.8, 4) is 0 Å². The maximum absolute atomic E-state index is 11.6. The summed E-state index contributed by atoms with van der Waals surface area (Å²) in [5, 5.41) is 0. The summed E-state index contributed by atoms with van der Waals surface area (Å²) in [6.07, 6.45) is 18.4. The molecule has 0 amide bonds. The molecule has 0 saturated heterocycles. The molecule has 0 aliphatic carbocycles. The molecule has 0 aromatic rings. The van der Waals surface area contributed by atoms with E-state index in [1.807, 2.05) is 0 Å².